The van der Waals surface area contributed by atoms with E-state index in [1.165, 1.54) is 0 Å². The van der Waals surface area contributed by atoms with Gasteiger partial charge in [0.05, 0.1) is 29.8 Å². The fourth-order valence-electron chi connectivity index (χ4n) is 0.167. The molecule has 0 aromatic rings. The predicted molar refractivity (Wildman–Crippen MR) is 40.3 cm³/mol. The molecular weight excluding hydrogens is 128 g/mol. The number of hydrogen-bond acceptors (Lipinski definition) is 0. The normalized spacial score (nSPS) is 6.86. The van der Waals surface area contributed by atoms with Gasteiger partial charge in [-0.15, -0.1) is 7.71 Å². The fourth-order valence-corrected chi connectivity index (χ4v) is 4.50. The molecule has 0 aromatic carbocycles. The van der Waals surface area contributed by atoms with Crippen LogP contribution < -0.4 is 0 Å². The number of hydrogen-bond donors (Lipinski definition) is 0. The molecule has 0 nitrogen and oxygen atoms in total. The maximum Gasteiger partial charge on any atom is 0.0725 e. The summed E-state index contributed by atoms with van der Waals surface area (Å²) < 4.78 is 0. The second-order valence-electron chi connectivity index (χ2n) is 1.04. The summed E-state index contributed by atoms with van der Waals surface area (Å²) in [6.45, 7) is 0. The van der Waals surface area contributed by atoms with E-state index in [2.05, 4.69) is 0 Å². The summed E-state index contributed by atoms with van der Waals surface area (Å²) in [5, 5.41) is 0. The summed E-state index contributed by atoms with van der Waals surface area (Å²) in [7, 11) is 19.2. The molecule has 8 radical (unpaired) electrons. The van der Waals surface area contributed by atoms with Crippen LogP contribution in [0.15, 0.2) is 0 Å². The monoisotopic (exact) mass is 128 g/mol. The first kappa shape index (κ1) is 7.91. The van der Waals surface area contributed by atoms with Crippen molar-refractivity contribution in [1.82, 2.24) is 0 Å². The van der Waals surface area contributed by atoms with Crippen LogP contribution in [-0.2, 0) is 0 Å². The Bertz CT molecular complexity index is 98.9. The molecule has 0 spiro atoms. The Morgan fingerprint density at radius 1 is 0.857 bits per heavy atom. The largest absolute Gasteiger partial charge is 0.138 e. The second-order valence-corrected chi connectivity index (χ2v) is 9.57. The van der Waals surface area contributed by atoms with E-state index in [1.807, 2.05) is 0 Å². The van der Waals surface area contributed by atoms with Crippen molar-refractivity contribution in [2.45, 2.75) is 0 Å². The van der Waals surface area contributed by atoms with Gasteiger partial charge in [-0.1, -0.05) is 15.3 Å². The Morgan fingerprint density at radius 2 is 1.14 bits per heavy atom. The van der Waals surface area contributed by atoms with Crippen LogP contribution in [0.1, 0.15) is 0 Å². The van der Waals surface area contributed by atoms with Gasteiger partial charge in [0, 0.05) is 0 Å². The van der Waals surface area contributed by atoms with Crippen molar-refractivity contribution < 1.29 is 0 Å². The molecule has 7 heavy (non-hydrogen) atoms. The van der Waals surface area contributed by atoms with Crippen molar-refractivity contribution in [2.75, 3.05) is 0 Å². The van der Waals surface area contributed by atoms with Crippen molar-refractivity contribution in [2.24, 2.45) is 0 Å². The van der Waals surface area contributed by atoms with E-state index < -0.39 is 15.3 Å². The predicted octanol–water partition coefficient (Wildman–Crippen LogP) is -2.67. The number of rotatable bonds is 0. The summed E-state index contributed by atoms with van der Waals surface area (Å²) >= 11 is 0. The Hall–Kier alpha value is 0.910. The van der Waals surface area contributed by atoms with Crippen LogP contribution in [0.25, 0.3) is 0 Å². The molecule has 0 amide bonds. The molecule has 0 N–H and O–H groups in total. The van der Waals surface area contributed by atoms with Crippen molar-refractivity contribution in [1.29, 1.82) is 0 Å². The van der Waals surface area contributed by atoms with E-state index in [0.29, 0.717) is 7.71 Å². The van der Waals surface area contributed by atoms with E-state index in [1.54, 1.807) is 0 Å². The van der Waals surface area contributed by atoms with Crippen molar-refractivity contribution >= 4 is 52.7 Å². The third-order valence-electron chi connectivity index (χ3n) is 0.289. The second kappa shape index (κ2) is 3.86. The van der Waals surface area contributed by atoms with Gasteiger partial charge in [0.15, 0.2) is 0 Å². The molecule has 0 unspecified atom stereocenters. The highest BCUT2D eigenvalue weighted by Gasteiger charge is 1.70. The lowest BCUT2D eigenvalue weighted by Crippen LogP contribution is -2.11. The Balaban J connectivity index is 4.13. The molecule has 0 saturated carbocycles. The lowest BCUT2D eigenvalue weighted by Gasteiger charge is -1.77. The van der Waals surface area contributed by atoms with Crippen LogP contribution in [-0.4, -0.2) is 52.7 Å². The molecule has 0 aliphatic rings. The molecule has 0 fully saturated rings. The van der Waals surface area contributed by atoms with E-state index in [0.717, 1.165) is 0 Å². The third-order valence-corrected chi connectivity index (χ3v) is 7.79. The Morgan fingerprint density at radius 3 is 1.14 bits per heavy atom. The van der Waals surface area contributed by atoms with Crippen LogP contribution in [0.3, 0.4) is 0 Å². The SMILES string of the molecule is [B][Si]([B])=[Si]=[Si]([B])[B]. The zero-order valence-electron chi connectivity index (χ0n) is 3.81. The molecule has 0 rings (SSSR count). The maximum absolute atomic E-state index is 5.25. The molecule has 0 atom stereocenters. The molecule has 0 aliphatic heterocycles. The lowest BCUT2D eigenvalue weighted by atomic mass is 10.7. The third kappa shape index (κ3) is 6.91. The summed E-state index contributed by atoms with van der Waals surface area (Å²) in [6.07, 6.45) is 0. The minimum absolute atomic E-state index is 0.460. The summed E-state index contributed by atoms with van der Waals surface area (Å²) in [6, 6.07) is 0. The van der Waals surface area contributed by atoms with Crippen molar-refractivity contribution in [3.8, 4) is 0 Å². The van der Waals surface area contributed by atoms with Gasteiger partial charge in [-0.3, -0.25) is 0 Å². The Labute approximate surface area is 53.2 Å². The van der Waals surface area contributed by atoms with Gasteiger partial charge in [-0.25, -0.2) is 0 Å². The molecule has 0 heterocycles. The van der Waals surface area contributed by atoms with Crippen LogP contribution in [0.5, 0.6) is 0 Å². The first-order valence-corrected chi connectivity index (χ1v) is 7.96. The standard InChI is InChI=1S/B4Si3/c1-6(2)5-7(3)4. The minimum Gasteiger partial charge on any atom is -0.138 e. The minimum atomic E-state index is -1.11. The summed E-state index contributed by atoms with van der Waals surface area (Å²) in [5.74, 6) is 0. The topological polar surface area (TPSA) is 0 Å². The highest BCUT2D eigenvalue weighted by atomic mass is 29.1. The first-order valence-electron chi connectivity index (χ1n) is 1.65. The van der Waals surface area contributed by atoms with E-state index in [4.69, 9.17) is 29.8 Å². The van der Waals surface area contributed by atoms with E-state index in [-0.39, 0.29) is 0 Å². The molecule has 0 saturated heterocycles. The van der Waals surface area contributed by atoms with Gasteiger partial charge in [-0.05, 0) is 0 Å². The average Bonchev–Trinajstić information content (AvgIpc) is 1.27. The average molecular weight is 128 g/mol. The quantitative estimate of drug-likeness (QED) is 0.312. The van der Waals surface area contributed by atoms with E-state index in [9.17, 15) is 0 Å². The van der Waals surface area contributed by atoms with Gasteiger partial charge in [0.25, 0.3) is 0 Å². The van der Waals surface area contributed by atoms with Crippen LogP contribution in [0, 0.1) is 0 Å². The zero-order chi connectivity index (χ0) is 5.86. The van der Waals surface area contributed by atoms with Gasteiger partial charge in [0.2, 0.25) is 0 Å². The van der Waals surface area contributed by atoms with Gasteiger partial charge >= 0.3 is 0 Å². The highest BCUT2D eigenvalue weighted by Crippen LogP contribution is 1.35. The summed E-state index contributed by atoms with van der Waals surface area (Å²) in [5.41, 5.74) is 0. The molecule has 7 heteroatoms. The molecule has 0 aromatic heterocycles. The highest BCUT2D eigenvalue weighted by molar-refractivity contribution is 7.49. The molecule has 0 bridgehead atoms. The lowest BCUT2D eigenvalue weighted by molar-refractivity contribution is 4.02. The molecule has 24 valence electrons. The molecule has 0 aliphatic carbocycles. The zero-order valence-corrected chi connectivity index (χ0v) is 6.81. The van der Waals surface area contributed by atoms with Crippen LogP contribution in [0.2, 0.25) is 0 Å². The molecular formula is B4Si3. The van der Waals surface area contributed by atoms with Gasteiger partial charge in [-0.2, -0.15) is 0 Å². The van der Waals surface area contributed by atoms with Crippen molar-refractivity contribution in [3.05, 3.63) is 0 Å². The van der Waals surface area contributed by atoms with Crippen molar-refractivity contribution in [3.63, 3.8) is 0 Å². The van der Waals surface area contributed by atoms with Crippen LogP contribution in [0.4, 0.5) is 0 Å². The van der Waals surface area contributed by atoms with E-state index >= 15 is 0 Å². The van der Waals surface area contributed by atoms with Gasteiger partial charge in [0.1, 0.15) is 0 Å². The smallest absolute Gasteiger partial charge is 0.0725 e. The van der Waals surface area contributed by atoms with Gasteiger partial charge < -0.3 is 0 Å². The Kier molecular flexibility index (Phi) is 4.36. The first-order chi connectivity index (χ1) is 3.13. The maximum atomic E-state index is 5.25. The van der Waals surface area contributed by atoms with Crippen LogP contribution >= 0.6 is 0 Å². The summed E-state index contributed by atoms with van der Waals surface area (Å²) in [4.78, 5) is 0. The fraction of sp³-hybridized carbons (Fsp3) is 0.